The Bertz CT molecular complexity index is 359. The fourth-order valence-corrected chi connectivity index (χ4v) is 3.19. The second kappa shape index (κ2) is 3.09. The molecule has 0 unspecified atom stereocenters. The van der Waals surface area contributed by atoms with E-state index in [0.29, 0.717) is 0 Å². The molecule has 0 heterocycles. The highest BCUT2D eigenvalue weighted by Crippen LogP contribution is 2.59. The van der Waals surface area contributed by atoms with Gasteiger partial charge in [-0.15, -0.1) is 0 Å². The SMILES string of the molecule is CC12CCC(C)(CC1)C(C(=O)O)=C2C(=O)O. The van der Waals surface area contributed by atoms with Crippen LogP contribution in [-0.2, 0) is 9.59 Å². The molecule has 3 aliphatic carbocycles. The first-order valence-electron chi connectivity index (χ1n) is 5.52. The van der Waals surface area contributed by atoms with Gasteiger partial charge < -0.3 is 10.2 Å². The van der Waals surface area contributed by atoms with Crippen LogP contribution in [0.25, 0.3) is 0 Å². The number of fused-ring (bicyclic) bond motifs is 2. The normalized spacial score (nSPS) is 37.6. The number of aliphatic carboxylic acids is 2. The standard InChI is InChI=1S/C12H16O4/c1-11-3-5-12(2,6-4-11)8(10(15)16)7(11)9(13)14/h3-6H2,1-2H3,(H,13,14)(H,15,16). The third kappa shape index (κ3) is 1.29. The van der Waals surface area contributed by atoms with Gasteiger partial charge in [0.25, 0.3) is 0 Å². The highest BCUT2D eigenvalue weighted by Gasteiger charge is 2.53. The topological polar surface area (TPSA) is 74.6 Å². The van der Waals surface area contributed by atoms with Crippen LogP contribution in [-0.4, -0.2) is 22.2 Å². The summed E-state index contributed by atoms with van der Waals surface area (Å²) in [5.74, 6) is -2.13. The lowest BCUT2D eigenvalue weighted by Gasteiger charge is -2.50. The molecule has 4 heteroatoms. The molecule has 0 aromatic carbocycles. The van der Waals surface area contributed by atoms with Crippen molar-refractivity contribution >= 4 is 11.9 Å². The van der Waals surface area contributed by atoms with E-state index in [1.165, 1.54) is 0 Å². The van der Waals surface area contributed by atoms with Crippen molar-refractivity contribution in [2.45, 2.75) is 39.5 Å². The Labute approximate surface area is 94.0 Å². The molecule has 16 heavy (non-hydrogen) atoms. The number of carbonyl (C=O) groups is 2. The maximum atomic E-state index is 11.3. The Hall–Kier alpha value is -1.32. The molecule has 0 spiro atoms. The second-order valence-corrected chi connectivity index (χ2v) is 5.48. The number of rotatable bonds is 2. The second-order valence-electron chi connectivity index (χ2n) is 5.48. The van der Waals surface area contributed by atoms with Crippen LogP contribution >= 0.6 is 0 Å². The van der Waals surface area contributed by atoms with Gasteiger partial charge in [0.05, 0.1) is 11.1 Å². The Morgan fingerprint density at radius 2 is 1.12 bits per heavy atom. The van der Waals surface area contributed by atoms with Crippen LogP contribution in [0.2, 0.25) is 0 Å². The highest BCUT2D eigenvalue weighted by molar-refractivity contribution is 6.01. The van der Waals surface area contributed by atoms with Gasteiger partial charge in [-0.2, -0.15) is 0 Å². The predicted molar refractivity (Wildman–Crippen MR) is 57.0 cm³/mol. The van der Waals surface area contributed by atoms with Crippen LogP contribution in [0, 0.1) is 10.8 Å². The van der Waals surface area contributed by atoms with Crippen molar-refractivity contribution in [3.8, 4) is 0 Å². The molecule has 0 amide bonds. The Balaban J connectivity index is 2.69. The maximum absolute atomic E-state index is 11.3. The summed E-state index contributed by atoms with van der Waals surface area (Å²) >= 11 is 0. The smallest absolute Gasteiger partial charge is 0.332 e. The maximum Gasteiger partial charge on any atom is 0.332 e. The minimum Gasteiger partial charge on any atom is -0.478 e. The molecule has 0 saturated heterocycles. The molecule has 2 N–H and O–H groups in total. The first-order valence-corrected chi connectivity index (χ1v) is 5.52. The molecular weight excluding hydrogens is 208 g/mol. The van der Waals surface area contributed by atoms with Crippen LogP contribution in [0.4, 0.5) is 0 Å². The van der Waals surface area contributed by atoms with Crippen molar-refractivity contribution in [2.24, 2.45) is 10.8 Å². The predicted octanol–water partition coefficient (Wildman–Crippen LogP) is 2.05. The van der Waals surface area contributed by atoms with Gasteiger partial charge in [0, 0.05) is 10.8 Å². The van der Waals surface area contributed by atoms with Gasteiger partial charge in [-0.05, 0) is 25.7 Å². The van der Waals surface area contributed by atoms with Crippen LogP contribution in [0.15, 0.2) is 11.1 Å². The largest absolute Gasteiger partial charge is 0.478 e. The summed E-state index contributed by atoms with van der Waals surface area (Å²) in [6, 6.07) is 0. The lowest BCUT2D eigenvalue weighted by molar-refractivity contribution is -0.140. The van der Waals surface area contributed by atoms with Gasteiger partial charge in [-0.3, -0.25) is 0 Å². The monoisotopic (exact) mass is 224 g/mol. The summed E-state index contributed by atoms with van der Waals surface area (Å²) in [4.78, 5) is 22.6. The summed E-state index contributed by atoms with van der Waals surface area (Å²) in [6.07, 6.45) is 3.12. The molecule has 1 saturated carbocycles. The molecule has 0 aromatic heterocycles. The molecule has 88 valence electrons. The molecule has 1 fully saturated rings. The summed E-state index contributed by atoms with van der Waals surface area (Å²) < 4.78 is 0. The van der Waals surface area contributed by atoms with E-state index in [1.54, 1.807) is 0 Å². The summed E-state index contributed by atoms with van der Waals surface area (Å²) in [6.45, 7) is 3.75. The van der Waals surface area contributed by atoms with Crippen molar-refractivity contribution in [3.05, 3.63) is 11.1 Å². The zero-order valence-corrected chi connectivity index (χ0v) is 9.54. The van der Waals surface area contributed by atoms with E-state index in [-0.39, 0.29) is 11.1 Å². The van der Waals surface area contributed by atoms with E-state index in [2.05, 4.69) is 0 Å². The van der Waals surface area contributed by atoms with Gasteiger partial charge in [-0.25, -0.2) is 9.59 Å². The molecule has 2 bridgehead atoms. The van der Waals surface area contributed by atoms with E-state index in [4.69, 9.17) is 0 Å². The van der Waals surface area contributed by atoms with E-state index >= 15 is 0 Å². The lowest BCUT2D eigenvalue weighted by Crippen LogP contribution is -2.45. The van der Waals surface area contributed by atoms with Gasteiger partial charge in [-0.1, -0.05) is 13.8 Å². The number of carboxylic acids is 2. The molecule has 0 radical (unpaired) electrons. The van der Waals surface area contributed by atoms with Crippen LogP contribution in [0.1, 0.15) is 39.5 Å². The Kier molecular flexibility index (Phi) is 2.16. The van der Waals surface area contributed by atoms with Gasteiger partial charge in [0.1, 0.15) is 0 Å². The average Bonchev–Trinajstić information content (AvgIpc) is 2.18. The quantitative estimate of drug-likeness (QED) is 0.752. The summed E-state index contributed by atoms with van der Waals surface area (Å²) in [5.41, 5.74) is -0.616. The molecule has 0 atom stereocenters. The summed E-state index contributed by atoms with van der Waals surface area (Å²) in [5, 5.41) is 18.5. The fraction of sp³-hybridized carbons (Fsp3) is 0.667. The first kappa shape index (κ1) is 11.2. The van der Waals surface area contributed by atoms with Crippen LogP contribution in [0.3, 0.4) is 0 Å². The van der Waals surface area contributed by atoms with Crippen molar-refractivity contribution in [3.63, 3.8) is 0 Å². The fourth-order valence-electron chi connectivity index (χ4n) is 3.19. The minimum absolute atomic E-state index is 0.139. The zero-order valence-electron chi connectivity index (χ0n) is 9.54. The third-order valence-electron chi connectivity index (χ3n) is 4.34. The Morgan fingerprint density at radius 1 is 0.875 bits per heavy atom. The van der Waals surface area contributed by atoms with E-state index < -0.39 is 22.8 Å². The van der Waals surface area contributed by atoms with E-state index in [9.17, 15) is 19.8 Å². The molecule has 4 nitrogen and oxygen atoms in total. The molecule has 0 aliphatic heterocycles. The molecule has 0 aromatic rings. The number of hydrogen-bond donors (Lipinski definition) is 2. The first-order chi connectivity index (χ1) is 7.30. The van der Waals surface area contributed by atoms with Crippen LogP contribution in [0.5, 0.6) is 0 Å². The van der Waals surface area contributed by atoms with Crippen molar-refractivity contribution < 1.29 is 19.8 Å². The van der Waals surface area contributed by atoms with Gasteiger partial charge in [0.2, 0.25) is 0 Å². The average molecular weight is 224 g/mol. The number of carboxylic acid groups (broad SMARTS) is 2. The molecule has 3 rings (SSSR count). The summed E-state index contributed by atoms with van der Waals surface area (Å²) in [7, 11) is 0. The zero-order chi connectivity index (χ0) is 12.1. The minimum atomic E-state index is -1.06. The van der Waals surface area contributed by atoms with Crippen LogP contribution < -0.4 is 0 Å². The Morgan fingerprint density at radius 3 is 1.31 bits per heavy atom. The number of hydrogen-bond acceptors (Lipinski definition) is 2. The van der Waals surface area contributed by atoms with Crippen molar-refractivity contribution in [2.75, 3.05) is 0 Å². The molecular formula is C12H16O4. The van der Waals surface area contributed by atoms with Crippen molar-refractivity contribution in [1.29, 1.82) is 0 Å². The highest BCUT2D eigenvalue weighted by atomic mass is 16.4. The molecule has 3 aliphatic rings. The van der Waals surface area contributed by atoms with Gasteiger partial charge >= 0.3 is 11.9 Å². The third-order valence-corrected chi connectivity index (χ3v) is 4.34. The van der Waals surface area contributed by atoms with Gasteiger partial charge in [0.15, 0.2) is 0 Å². The van der Waals surface area contributed by atoms with E-state index in [0.717, 1.165) is 25.7 Å². The lowest BCUT2D eigenvalue weighted by atomic mass is 9.52. The van der Waals surface area contributed by atoms with E-state index in [1.807, 2.05) is 13.8 Å². The van der Waals surface area contributed by atoms with Crippen molar-refractivity contribution in [1.82, 2.24) is 0 Å².